The van der Waals surface area contributed by atoms with E-state index in [0.29, 0.717) is 24.5 Å². The van der Waals surface area contributed by atoms with Gasteiger partial charge in [-0.25, -0.2) is 0 Å². The zero-order chi connectivity index (χ0) is 15.0. The van der Waals surface area contributed by atoms with E-state index in [-0.39, 0.29) is 5.91 Å². The maximum absolute atomic E-state index is 12.1. The van der Waals surface area contributed by atoms with Gasteiger partial charge < -0.3 is 25.3 Å². The number of nitrogens with one attached hydrogen (secondary N) is 1. The zero-order valence-electron chi connectivity index (χ0n) is 12.7. The normalized spacial score (nSPS) is 11.0. The molecule has 1 aromatic heterocycles. The highest BCUT2D eigenvalue weighted by Crippen LogP contribution is 2.11. The van der Waals surface area contributed by atoms with Gasteiger partial charge in [0.1, 0.15) is 5.69 Å². The molecule has 0 atom stereocenters. The first-order valence-electron chi connectivity index (χ1n) is 6.99. The van der Waals surface area contributed by atoms with Crippen molar-refractivity contribution in [1.82, 2.24) is 14.8 Å². The molecule has 6 heteroatoms. The van der Waals surface area contributed by atoms with E-state index in [2.05, 4.69) is 17.1 Å². The number of aromatic nitrogens is 1. The van der Waals surface area contributed by atoms with Crippen LogP contribution in [-0.4, -0.2) is 55.8 Å². The molecular formula is C14H26N4O2. The number of methoxy groups -OCH3 is 1. The second kappa shape index (κ2) is 8.60. The standard InChI is InChI=1S/C14H26N4O2/c1-4-6-18-11-12(15)10-13(18)14(19)16-5-7-17(2)8-9-20-3/h10-11H,4-9,15H2,1-3H3,(H,16,19). The lowest BCUT2D eigenvalue weighted by Crippen LogP contribution is -2.35. The number of carbonyl (C=O) groups excluding carboxylic acids is 1. The highest BCUT2D eigenvalue weighted by Gasteiger charge is 2.12. The molecule has 0 bridgehead atoms. The Kier molecular flexibility index (Phi) is 7.11. The minimum absolute atomic E-state index is 0.0738. The molecule has 0 radical (unpaired) electrons. The molecule has 1 rings (SSSR count). The average Bonchev–Trinajstić information content (AvgIpc) is 2.78. The lowest BCUT2D eigenvalue weighted by molar-refractivity contribution is 0.0938. The predicted octanol–water partition coefficient (Wildman–Crippen LogP) is 0.788. The Hall–Kier alpha value is -1.53. The maximum Gasteiger partial charge on any atom is 0.268 e. The molecule has 3 N–H and O–H groups in total. The summed E-state index contributed by atoms with van der Waals surface area (Å²) in [6.45, 7) is 5.82. The Morgan fingerprint density at radius 1 is 1.50 bits per heavy atom. The molecule has 0 aromatic carbocycles. The molecule has 20 heavy (non-hydrogen) atoms. The van der Waals surface area contributed by atoms with Gasteiger partial charge in [-0.3, -0.25) is 4.79 Å². The van der Waals surface area contributed by atoms with Crippen molar-refractivity contribution in [2.45, 2.75) is 19.9 Å². The third kappa shape index (κ3) is 5.22. The van der Waals surface area contributed by atoms with Crippen molar-refractivity contribution in [3.63, 3.8) is 0 Å². The maximum atomic E-state index is 12.1. The first-order chi connectivity index (χ1) is 9.58. The van der Waals surface area contributed by atoms with Gasteiger partial charge in [-0.1, -0.05) is 6.92 Å². The monoisotopic (exact) mass is 282 g/mol. The number of anilines is 1. The molecule has 114 valence electrons. The number of rotatable bonds is 9. The van der Waals surface area contributed by atoms with Crippen LogP contribution in [0.15, 0.2) is 12.3 Å². The smallest absolute Gasteiger partial charge is 0.268 e. The van der Waals surface area contributed by atoms with Crippen LogP contribution in [-0.2, 0) is 11.3 Å². The van der Waals surface area contributed by atoms with E-state index in [1.807, 2.05) is 17.8 Å². The van der Waals surface area contributed by atoms with Crippen molar-refractivity contribution in [2.24, 2.45) is 0 Å². The molecule has 1 aromatic rings. The number of ether oxygens (including phenoxy) is 1. The third-order valence-electron chi connectivity index (χ3n) is 3.07. The van der Waals surface area contributed by atoms with E-state index in [0.717, 1.165) is 26.1 Å². The lowest BCUT2D eigenvalue weighted by Gasteiger charge is -2.16. The van der Waals surface area contributed by atoms with E-state index >= 15 is 0 Å². The number of nitrogens with two attached hydrogens (primary N) is 1. The molecular weight excluding hydrogens is 256 g/mol. The highest BCUT2D eigenvalue weighted by atomic mass is 16.5. The van der Waals surface area contributed by atoms with Gasteiger partial charge in [-0.05, 0) is 19.5 Å². The van der Waals surface area contributed by atoms with Gasteiger partial charge in [0, 0.05) is 39.5 Å². The van der Waals surface area contributed by atoms with Crippen LogP contribution in [0.1, 0.15) is 23.8 Å². The second-order valence-corrected chi connectivity index (χ2v) is 4.90. The number of amides is 1. The first kappa shape index (κ1) is 16.5. The summed E-state index contributed by atoms with van der Waals surface area (Å²) in [6.07, 6.45) is 2.78. The Morgan fingerprint density at radius 3 is 2.90 bits per heavy atom. The van der Waals surface area contributed by atoms with Crippen molar-refractivity contribution >= 4 is 11.6 Å². The van der Waals surface area contributed by atoms with Crippen molar-refractivity contribution in [3.8, 4) is 0 Å². The fourth-order valence-electron chi connectivity index (χ4n) is 1.96. The molecule has 0 aliphatic carbocycles. The van der Waals surface area contributed by atoms with Gasteiger partial charge in [-0.15, -0.1) is 0 Å². The summed E-state index contributed by atoms with van der Waals surface area (Å²) < 4.78 is 6.91. The summed E-state index contributed by atoms with van der Waals surface area (Å²) in [7, 11) is 3.69. The summed E-state index contributed by atoms with van der Waals surface area (Å²) in [5, 5.41) is 2.92. The molecule has 0 spiro atoms. The SMILES string of the molecule is CCCn1cc(N)cc1C(=O)NCCN(C)CCOC. The number of hydrogen-bond acceptors (Lipinski definition) is 4. The van der Waals surface area contributed by atoms with E-state index in [1.54, 1.807) is 13.2 Å². The number of aryl methyl sites for hydroxylation is 1. The van der Waals surface area contributed by atoms with Gasteiger partial charge in [0.05, 0.1) is 12.3 Å². The Labute approximate surface area is 120 Å². The van der Waals surface area contributed by atoms with Crippen molar-refractivity contribution in [1.29, 1.82) is 0 Å². The highest BCUT2D eigenvalue weighted by molar-refractivity contribution is 5.93. The molecule has 1 amide bonds. The van der Waals surface area contributed by atoms with Gasteiger partial charge in [-0.2, -0.15) is 0 Å². The first-order valence-corrected chi connectivity index (χ1v) is 6.99. The number of nitrogens with zero attached hydrogens (tertiary/aromatic N) is 2. The van der Waals surface area contributed by atoms with E-state index in [4.69, 9.17) is 10.5 Å². The van der Waals surface area contributed by atoms with Crippen LogP contribution in [0.2, 0.25) is 0 Å². The van der Waals surface area contributed by atoms with Crippen LogP contribution in [0.4, 0.5) is 5.69 Å². The number of likely N-dealkylation sites (N-methyl/N-ethyl adjacent to an activating group) is 1. The van der Waals surface area contributed by atoms with Gasteiger partial charge in [0.2, 0.25) is 0 Å². The summed E-state index contributed by atoms with van der Waals surface area (Å²) >= 11 is 0. The minimum Gasteiger partial charge on any atom is -0.397 e. The molecule has 0 unspecified atom stereocenters. The van der Waals surface area contributed by atoms with E-state index < -0.39 is 0 Å². The molecule has 0 aliphatic rings. The van der Waals surface area contributed by atoms with Crippen LogP contribution in [0.5, 0.6) is 0 Å². The van der Waals surface area contributed by atoms with Gasteiger partial charge in [0.25, 0.3) is 5.91 Å². The van der Waals surface area contributed by atoms with Crippen molar-refractivity contribution < 1.29 is 9.53 Å². The predicted molar refractivity (Wildman–Crippen MR) is 80.8 cm³/mol. The Morgan fingerprint density at radius 2 is 2.25 bits per heavy atom. The van der Waals surface area contributed by atoms with Crippen LogP contribution >= 0.6 is 0 Å². The molecule has 0 saturated heterocycles. The molecule has 1 heterocycles. The minimum atomic E-state index is -0.0738. The van der Waals surface area contributed by atoms with Crippen molar-refractivity contribution in [2.75, 3.05) is 46.1 Å². The topological polar surface area (TPSA) is 72.5 Å². The summed E-state index contributed by atoms with van der Waals surface area (Å²) in [4.78, 5) is 14.2. The van der Waals surface area contributed by atoms with Crippen LogP contribution in [0.25, 0.3) is 0 Å². The number of carbonyl (C=O) groups is 1. The van der Waals surface area contributed by atoms with E-state index in [1.165, 1.54) is 0 Å². The Balaban J connectivity index is 2.42. The Bertz CT molecular complexity index is 417. The molecule has 6 nitrogen and oxygen atoms in total. The summed E-state index contributed by atoms with van der Waals surface area (Å²) in [5.74, 6) is -0.0738. The van der Waals surface area contributed by atoms with Gasteiger partial charge >= 0.3 is 0 Å². The molecule has 0 aliphatic heterocycles. The fraction of sp³-hybridized carbons (Fsp3) is 0.643. The quantitative estimate of drug-likeness (QED) is 0.702. The van der Waals surface area contributed by atoms with E-state index in [9.17, 15) is 4.79 Å². The van der Waals surface area contributed by atoms with Crippen LogP contribution in [0.3, 0.4) is 0 Å². The number of hydrogen-bond donors (Lipinski definition) is 2. The molecule has 0 fully saturated rings. The second-order valence-electron chi connectivity index (χ2n) is 4.90. The fourth-order valence-corrected chi connectivity index (χ4v) is 1.96. The lowest BCUT2D eigenvalue weighted by atomic mass is 10.3. The summed E-state index contributed by atoms with van der Waals surface area (Å²) in [5.41, 5.74) is 7.01. The zero-order valence-corrected chi connectivity index (χ0v) is 12.7. The third-order valence-corrected chi connectivity index (χ3v) is 3.07. The summed E-state index contributed by atoms with van der Waals surface area (Å²) in [6, 6.07) is 1.72. The van der Waals surface area contributed by atoms with Crippen LogP contribution in [0, 0.1) is 0 Å². The number of nitrogen functional groups attached to an aromatic ring is 1. The van der Waals surface area contributed by atoms with Crippen LogP contribution < -0.4 is 11.1 Å². The van der Waals surface area contributed by atoms with Crippen molar-refractivity contribution in [3.05, 3.63) is 18.0 Å². The average molecular weight is 282 g/mol. The molecule has 0 saturated carbocycles. The van der Waals surface area contributed by atoms with Gasteiger partial charge in [0.15, 0.2) is 0 Å². The largest absolute Gasteiger partial charge is 0.397 e.